The third kappa shape index (κ3) is 3.25. The molecule has 2 aromatic rings. The van der Waals surface area contributed by atoms with Gasteiger partial charge in [0.25, 0.3) is 0 Å². The van der Waals surface area contributed by atoms with E-state index in [0.29, 0.717) is 0 Å². The minimum Gasteiger partial charge on any atom is -0.506 e. The Hall–Kier alpha value is -2.50. The van der Waals surface area contributed by atoms with E-state index in [9.17, 15) is 13.6 Å². The Bertz CT molecular complexity index is 617. The lowest BCUT2D eigenvalue weighted by molar-refractivity contribution is 0.0467. The van der Waals surface area contributed by atoms with Gasteiger partial charge in [0.15, 0.2) is 0 Å². The Morgan fingerprint density at radius 1 is 1.26 bits per heavy atom. The molecule has 0 spiro atoms. The summed E-state index contributed by atoms with van der Waals surface area (Å²) in [5.74, 6) is -2.26. The minimum atomic E-state index is -0.785. The fourth-order valence-corrected chi connectivity index (χ4v) is 1.42. The number of carbonyl (C=O) groups excluding carboxylic acids is 1. The number of aromatic nitrogens is 1. The number of hydrogen-bond acceptors (Lipinski definition) is 4. The molecule has 1 N–H and O–H groups in total. The molecular formula is C13H9F2NO3. The molecule has 0 fully saturated rings. The van der Waals surface area contributed by atoms with Crippen molar-refractivity contribution in [3.05, 3.63) is 59.4 Å². The first kappa shape index (κ1) is 12.9. The van der Waals surface area contributed by atoms with E-state index in [4.69, 9.17) is 9.84 Å². The van der Waals surface area contributed by atoms with Crippen molar-refractivity contribution in [3.8, 4) is 5.75 Å². The van der Waals surface area contributed by atoms with Gasteiger partial charge in [0.05, 0.1) is 11.8 Å². The maximum atomic E-state index is 13.3. The largest absolute Gasteiger partial charge is 0.506 e. The van der Waals surface area contributed by atoms with Crippen molar-refractivity contribution in [3.63, 3.8) is 0 Å². The maximum absolute atomic E-state index is 13.3. The van der Waals surface area contributed by atoms with Crippen molar-refractivity contribution in [2.24, 2.45) is 0 Å². The van der Waals surface area contributed by atoms with E-state index in [-0.39, 0.29) is 16.9 Å². The van der Waals surface area contributed by atoms with Crippen LogP contribution >= 0.6 is 0 Å². The lowest BCUT2D eigenvalue weighted by Crippen LogP contribution is -2.06. The minimum absolute atomic E-state index is 0.0248. The molecule has 0 bridgehead atoms. The summed E-state index contributed by atoms with van der Waals surface area (Å²) >= 11 is 0. The highest BCUT2D eigenvalue weighted by atomic mass is 19.1. The zero-order valence-corrected chi connectivity index (χ0v) is 9.64. The Kier molecular flexibility index (Phi) is 3.70. The molecule has 0 saturated heterocycles. The molecular weight excluding hydrogens is 256 g/mol. The summed E-state index contributed by atoms with van der Waals surface area (Å²) in [6.07, 6.45) is 2.35. The fourth-order valence-electron chi connectivity index (χ4n) is 1.42. The average molecular weight is 265 g/mol. The van der Waals surface area contributed by atoms with E-state index < -0.39 is 24.2 Å². The molecule has 1 aromatic carbocycles. The van der Waals surface area contributed by atoms with Gasteiger partial charge in [0.1, 0.15) is 24.0 Å². The second-order valence-corrected chi connectivity index (χ2v) is 3.74. The average Bonchev–Trinajstić information content (AvgIpc) is 2.39. The van der Waals surface area contributed by atoms with E-state index in [2.05, 4.69) is 4.98 Å². The summed E-state index contributed by atoms with van der Waals surface area (Å²) in [6, 6.07) is 4.04. The first-order valence-electron chi connectivity index (χ1n) is 5.31. The lowest BCUT2D eigenvalue weighted by atomic mass is 10.2. The third-order valence-corrected chi connectivity index (χ3v) is 2.33. The molecule has 1 heterocycles. The molecule has 0 unspecified atom stereocenters. The summed E-state index contributed by atoms with van der Waals surface area (Å²) < 4.78 is 31.0. The van der Waals surface area contributed by atoms with Gasteiger partial charge in [-0.1, -0.05) is 0 Å². The number of nitrogens with zero attached hydrogens (tertiary/aromatic N) is 1. The van der Waals surface area contributed by atoms with Gasteiger partial charge in [-0.15, -0.1) is 0 Å². The summed E-state index contributed by atoms with van der Waals surface area (Å²) in [7, 11) is 0. The summed E-state index contributed by atoms with van der Waals surface area (Å²) in [6.45, 7) is -0.405. The Morgan fingerprint density at radius 2 is 2.05 bits per heavy atom. The van der Waals surface area contributed by atoms with Crippen LogP contribution < -0.4 is 0 Å². The molecule has 6 heteroatoms. The highest BCUT2D eigenvalue weighted by molar-refractivity contribution is 5.89. The lowest BCUT2D eigenvalue weighted by Gasteiger charge is -2.06. The van der Waals surface area contributed by atoms with Gasteiger partial charge in [-0.3, -0.25) is 4.98 Å². The van der Waals surface area contributed by atoms with Crippen LogP contribution in [0.1, 0.15) is 15.9 Å². The molecule has 4 nitrogen and oxygen atoms in total. The van der Waals surface area contributed by atoms with Crippen LogP contribution in [0, 0.1) is 11.6 Å². The Balaban J connectivity index is 2.06. The van der Waals surface area contributed by atoms with Crippen molar-refractivity contribution in [2.75, 3.05) is 0 Å². The van der Waals surface area contributed by atoms with Gasteiger partial charge in [-0.2, -0.15) is 0 Å². The van der Waals surface area contributed by atoms with E-state index in [1.165, 1.54) is 6.20 Å². The van der Waals surface area contributed by atoms with Crippen molar-refractivity contribution >= 4 is 5.97 Å². The predicted octanol–water partition coefficient (Wildman–Crippen LogP) is 2.42. The number of hydrogen-bond donors (Lipinski definition) is 1. The molecule has 1 aromatic heterocycles. The number of aromatic hydroxyl groups is 1. The molecule has 19 heavy (non-hydrogen) atoms. The van der Waals surface area contributed by atoms with Gasteiger partial charge in [-0.05, 0) is 24.3 Å². The zero-order chi connectivity index (χ0) is 13.8. The number of benzene rings is 1. The van der Waals surface area contributed by atoms with E-state index >= 15 is 0 Å². The van der Waals surface area contributed by atoms with Crippen LogP contribution in [0.25, 0.3) is 0 Å². The highest BCUT2D eigenvalue weighted by Crippen LogP contribution is 2.13. The van der Waals surface area contributed by atoms with Crippen LogP contribution in [0.3, 0.4) is 0 Å². The van der Waals surface area contributed by atoms with Crippen LogP contribution in [-0.4, -0.2) is 16.1 Å². The number of ether oxygens (including phenoxy) is 1. The second-order valence-electron chi connectivity index (χ2n) is 3.74. The van der Waals surface area contributed by atoms with Crippen molar-refractivity contribution in [2.45, 2.75) is 6.61 Å². The highest BCUT2D eigenvalue weighted by Gasteiger charge is 2.11. The predicted molar refractivity (Wildman–Crippen MR) is 61.4 cm³/mol. The maximum Gasteiger partial charge on any atom is 0.340 e. The van der Waals surface area contributed by atoms with E-state index in [1.54, 1.807) is 0 Å². The van der Waals surface area contributed by atoms with Gasteiger partial charge < -0.3 is 9.84 Å². The summed E-state index contributed by atoms with van der Waals surface area (Å²) in [4.78, 5) is 15.2. The first-order chi connectivity index (χ1) is 9.06. The fraction of sp³-hybridized carbons (Fsp3) is 0.0769. The van der Waals surface area contributed by atoms with Crippen LogP contribution in [0.2, 0.25) is 0 Å². The molecule has 0 saturated carbocycles. The van der Waals surface area contributed by atoms with Crippen LogP contribution in [0.5, 0.6) is 5.75 Å². The molecule has 0 atom stereocenters. The standard InChI is InChI=1S/C13H9F2NO3/c14-10-1-2-12(15)9(3-10)7-19-13(18)8-4-11(17)6-16-5-8/h1-6,17H,7H2. The van der Waals surface area contributed by atoms with Crippen LogP contribution in [0.4, 0.5) is 8.78 Å². The van der Waals surface area contributed by atoms with Gasteiger partial charge >= 0.3 is 5.97 Å². The molecule has 0 aliphatic heterocycles. The number of pyridine rings is 1. The normalized spacial score (nSPS) is 10.2. The molecule has 0 aliphatic carbocycles. The molecule has 0 amide bonds. The number of halogens is 2. The first-order valence-corrected chi connectivity index (χ1v) is 5.31. The van der Waals surface area contributed by atoms with Crippen molar-refractivity contribution in [1.29, 1.82) is 0 Å². The number of carbonyl (C=O) groups is 1. The van der Waals surface area contributed by atoms with Crippen LogP contribution in [0.15, 0.2) is 36.7 Å². The second kappa shape index (κ2) is 5.43. The van der Waals surface area contributed by atoms with Crippen molar-refractivity contribution in [1.82, 2.24) is 4.98 Å². The summed E-state index contributed by atoms with van der Waals surface area (Å²) in [5, 5.41) is 9.15. The quantitative estimate of drug-likeness (QED) is 0.866. The molecule has 0 radical (unpaired) electrons. The SMILES string of the molecule is O=C(OCc1cc(F)ccc1F)c1cncc(O)c1. The van der Waals surface area contributed by atoms with Crippen molar-refractivity contribution < 1.29 is 23.4 Å². The Labute approximate surface area is 107 Å². The van der Waals surface area contributed by atoms with E-state index in [0.717, 1.165) is 30.5 Å². The molecule has 2 rings (SSSR count). The summed E-state index contributed by atoms with van der Waals surface area (Å²) in [5.41, 5.74) is -0.0433. The monoisotopic (exact) mass is 265 g/mol. The van der Waals surface area contributed by atoms with Gasteiger partial charge in [0.2, 0.25) is 0 Å². The number of rotatable bonds is 3. The smallest absolute Gasteiger partial charge is 0.340 e. The Morgan fingerprint density at radius 3 is 2.79 bits per heavy atom. The van der Waals surface area contributed by atoms with E-state index in [1.807, 2.05) is 0 Å². The third-order valence-electron chi connectivity index (χ3n) is 2.33. The molecule has 0 aliphatic rings. The van der Waals surface area contributed by atoms with Gasteiger partial charge in [-0.25, -0.2) is 13.6 Å². The van der Waals surface area contributed by atoms with Gasteiger partial charge in [0, 0.05) is 11.8 Å². The molecule has 98 valence electrons. The van der Waals surface area contributed by atoms with Crippen LogP contribution in [-0.2, 0) is 11.3 Å². The zero-order valence-electron chi connectivity index (χ0n) is 9.64. The number of esters is 1. The topological polar surface area (TPSA) is 59.4 Å².